The third kappa shape index (κ3) is 6.31. The Labute approximate surface area is 190 Å². The molecule has 0 bridgehead atoms. The summed E-state index contributed by atoms with van der Waals surface area (Å²) in [5.41, 5.74) is 3.42. The zero-order valence-electron chi connectivity index (χ0n) is 17.5. The fourth-order valence-corrected chi connectivity index (χ4v) is 3.65. The van der Waals surface area contributed by atoms with Crippen molar-refractivity contribution < 1.29 is 19.1 Å². The molecular formula is C24H24FN3O3S. The number of amides is 1. The summed E-state index contributed by atoms with van der Waals surface area (Å²) in [4.78, 5) is 31.6. The Bertz CT molecular complexity index is 1080. The highest BCUT2D eigenvalue weighted by atomic mass is 32.2. The first-order chi connectivity index (χ1) is 15.5. The van der Waals surface area contributed by atoms with Crippen molar-refractivity contribution in [2.24, 2.45) is 0 Å². The smallest absolute Gasteiger partial charge is 0.326 e. The largest absolute Gasteiger partial charge is 0.480 e. The number of nitrogens with zero attached hydrogens (tertiary/aromatic N) is 1. The van der Waals surface area contributed by atoms with Gasteiger partial charge in [-0.15, -0.1) is 0 Å². The number of nitrogens with one attached hydrogen (secondary N) is 2. The standard InChI is InChI=1S/C24H24FN3O3S/c1-32-12-11-22(24(30)31)28-23(29)20-10-5-16(3-2-4-19-14-26-15-27-19)13-21(20)17-6-8-18(25)9-7-17/h2-3,5-10,13-15,22H,4,11-12H2,1H3,(H,26,27)(H,28,29)(H,30,31)/t22-/m0/s1. The van der Waals surface area contributed by atoms with Gasteiger partial charge in [-0.2, -0.15) is 11.8 Å². The van der Waals surface area contributed by atoms with Gasteiger partial charge in [-0.3, -0.25) is 4.79 Å². The van der Waals surface area contributed by atoms with Gasteiger partial charge in [0.2, 0.25) is 0 Å². The van der Waals surface area contributed by atoms with E-state index >= 15 is 0 Å². The van der Waals surface area contributed by atoms with Crippen LogP contribution in [0, 0.1) is 5.82 Å². The minimum atomic E-state index is -1.07. The fourth-order valence-electron chi connectivity index (χ4n) is 3.18. The van der Waals surface area contributed by atoms with E-state index in [0.717, 1.165) is 11.3 Å². The number of carbonyl (C=O) groups is 2. The predicted molar refractivity (Wildman–Crippen MR) is 125 cm³/mol. The van der Waals surface area contributed by atoms with Crippen LogP contribution < -0.4 is 5.32 Å². The predicted octanol–water partition coefficient (Wildman–Crippen LogP) is 4.41. The number of imidazole rings is 1. The molecule has 0 saturated heterocycles. The lowest BCUT2D eigenvalue weighted by atomic mass is 9.96. The molecule has 1 heterocycles. The van der Waals surface area contributed by atoms with E-state index in [2.05, 4.69) is 15.3 Å². The van der Waals surface area contributed by atoms with Crippen molar-refractivity contribution in [3.63, 3.8) is 0 Å². The van der Waals surface area contributed by atoms with Gasteiger partial charge in [0.05, 0.1) is 6.33 Å². The van der Waals surface area contributed by atoms with Crippen LogP contribution in [-0.4, -0.2) is 45.0 Å². The van der Waals surface area contributed by atoms with Gasteiger partial charge in [-0.1, -0.05) is 30.4 Å². The molecule has 0 saturated carbocycles. The van der Waals surface area contributed by atoms with Crippen LogP contribution in [-0.2, 0) is 11.2 Å². The van der Waals surface area contributed by atoms with Gasteiger partial charge in [0.25, 0.3) is 5.91 Å². The number of halogens is 1. The summed E-state index contributed by atoms with van der Waals surface area (Å²) in [7, 11) is 0. The first kappa shape index (κ1) is 23.3. The lowest BCUT2D eigenvalue weighted by Gasteiger charge is -2.16. The van der Waals surface area contributed by atoms with Crippen LogP contribution in [0.2, 0.25) is 0 Å². The Balaban J connectivity index is 1.89. The van der Waals surface area contributed by atoms with E-state index in [9.17, 15) is 19.1 Å². The zero-order chi connectivity index (χ0) is 22.9. The number of hydrogen-bond acceptors (Lipinski definition) is 4. The summed E-state index contributed by atoms with van der Waals surface area (Å²) in [6, 6.07) is 10.2. The normalized spacial score (nSPS) is 12.1. The highest BCUT2D eigenvalue weighted by Crippen LogP contribution is 2.26. The molecule has 0 spiro atoms. The first-order valence-electron chi connectivity index (χ1n) is 10.0. The van der Waals surface area contributed by atoms with Crippen molar-refractivity contribution in [3.05, 3.63) is 83.7 Å². The second-order valence-electron chi connectivity index (χ2n) is 7.14. The Morgan fingerprint density at radius 3 is 2.69 bits per heavy atom. The third-order valence-corrected chi connectivity index (χ3v) is 5.50. The first-order valence-corrected chi connectivity index (χ1v) is 11.4. The molecule has 2 aromatic carbocycles. The maximum atomic E-state index is 13.5. The fraction of sp³-hybridized carbons (Fsp3) is 0.208. The van der Waals surface area contributed by atoms with Crippen LogP contribution in [0.4, 0.5) is 4.39 Å². The molecule has 0 aliphatic rings. The van der Waals surface area contributed by atoms with Crippen molar-refractivity contribution in [2.45, 2.75) is 18.9 Å². The average molecular weight is 454 g/mol. The molecule has 3 N–H and O–H groups in total. The van der Waals surface area contributed by atoms with Crippen LogP contribution in [0.1, 0.15) is 28.0 Å². The number of benzene rings is 2. The number of thioether (sulfide) groups is 1. The lowest BCUT2D eigenvalue weighted by Crippen LogP contribution is -2.41. The molecule has 0 fully saturated rings. The summed E-state index contributed by atoms with van der Waals surface area (Å²) >= 11 is 1.52. The van der Waals surface area contributed by atoms with Gasteiger partial charge in [0, 0.05) is 23.9 Å². The monoisotopic (exact) mass is 453 g/mol. The molecule has 6 nitrogen and oxygen atoms in total. The van der Waals surface area contributed by atoms with Gasteiger partial charge in [0.15, 0.2) is 0 Å². The second kappa shape index (κ2) is 11.3. The quantitative estimate of drug-likeness (QED) is 0.423. The molecule has 3 rings (SSSR count). The van der Waals surface area contributed by atoms with Crippen molar-refractivity contribution in [1.82, 2.24) is 15.3 Å². The number of aliphatic carboxylic acids is 1. The number of H-pyrrole nitrogens is 1. The number of carboxylic acid groups (broad SMARTS) is 1. The second-order valence-corrected chi connectivity index (χ2v) is 8.13. The topological polar surface area (TPSA) is 95.1 Å². The Morgan fingerprint density at radius 1 is 1.25 bits per heavy atom. The molecule has 0 aliphatic heterocycles. The van der Waals surface area contributed by atoms with E-state index in [1.165, 1.54) is 23.9 Å². The van der Waals surface area contributed by atoms with Gasteiger partial charge in [-0.25, -0.2) is 14.2 Å². The van der Waals surface area contributed by atoms with E-state index in [4.69, 9.17) is 0 Å². The number of aromatic nitrogens is 2. The van der Waals surface area contributed by atoms with E-state index in [0.29, 0.717) is 35.3 Å². The van der Waals surface area contributed by atoms with E-state index < -0.39 is 17.9 Å². The highest BCUT2D eigenvalue weighted by Gasteiger charge is 2.22. The van der Waals surface area contributed by atoms with Crippen molar-refractivity contribution >= 4 is 29.7 Å². The molecule has 0 radical (unpaired) electrons. The number of allylic oxidation sites excluding steroid dienone is 1. The number of aromatic amines is 1. The molecule has 1 aromatic heterocycles. The summed E-state index contributed by atoms with van der Waals surface area (Å²) in [5, 5.41) is 12.1. The highest BCUT2D eigenvalue weighted by molar-refractivity contribution is 7.98. The Hall–Kier alpha value is -3.39. The number of carboxylic acids is 1. The molecule has 8 heteroatoms. The number of hydrogen-bond donors (Lipinski definition) is 3. The molecule has 0 aliphatic carbocycles. The van der Waals surface area contributed by atoms with Gasteiger partial charge in [0.1, 0.15) is 11.9 Å². The Kier molecular flexibility index (Phi) is 8.21. The summed E-state index contributed by atoms with van der Waals surface area (Å²) in [5.74, 6) is -1.32. The molecular weight excluding hydrogens is 429 g/mol. The van der Waals surface area contributed by atoms with Crippen molar-refractivity contribution in [2.75, 3.05) is 12.0 Å². The molecule has 1 amide bonds. The number of carbonyl (C=O) groups excluding carboxylic acids is 1. The summed E-state index contributed by atoms with van der Waals surface area (Å²) in [6.45, 7) is 0. The Morgan fingerprint density at radius 2 is 2.03 bits per heavy atom. The molecule has 32 heavy (non-hydrogen) atoms. The third-order valence-electron chi connectivity index (χ3n) is 4.86. The summed E-state index contributed by atoms with van der Waals surface area (Å²) in [6.07, 6.45) is 10.1. The molecule has 166 valence electrons. The van der Waals surface area contributed by atoms with Gasteiger partial charge >= 0.3 is 5.97 Å². The maximum absolute atomic E-state index is 13.5. The lowest BCUT2D eigenvalue weighted by molar-refractivity contribution is -0.139. The minimum absolute atomic E-state index is 0.322. The molecule has 1 atom stereocenters. The maximum Gasteiger partial charge on any atom is 0.326 e. The SMILES string of the molecule is CSCC[C@H](NC(=O)c1ccc(C=CCc2cnc[nH]2)cc1-c1ccc(F)cc1)C(=O)O. The van der Waals surface area contributed by atoms with Gasteiger partial charge < -0.3 is 15.4 Å². The van der Waals surface area contributed by atoms with Crippen LogP contribution in [0.15, 0.2) is 61.1 Å². The van der Waals surface area contributed by atoms with Gasteiger partial charge in [-0.05, 0) is 59.4 Å². The van der Waals surface area contributed by atoms with E-state index in [1.54, 1.807) is 36.8 Å². The number of rotatable bonds is 10. The summed E-state index contributed by atoms with van der Waals surface area (Å²) < 4.78 is 13.5. The van der Waals surface area contributed by atoms with E-state index in [1.807, 2.05) is 24.5 Å². The average Bonchev–Trinajstić information content (AvgIpc) is 3.30. The molecule has 0 unspecified atom stereocenters. The van der Waals surface area contributed by atoms with Crippen LogP contribution in [0.3, 0.4) is 0 Å². The van der Waals surface area contributed by atoms with Crippen LogP contribution >= 0.6 is 11.8 Å². The van der Waals surface area contributed by atoms with E-state index in [-0.39, 0.29) is 5.82 Å². The molecule has 3 aromatic rings. The van der Waals surface area contributed by atoms with Crippen LogP contribution in [0.5, 0.6) is 0 Å². The minimum Gasteiger partial charge on any atom is -0.480 e. The van der Waals surface area contributed by atoms with Crippen LogP contribution in [0.25, 0.3) is 17.2 Å². The zero-order valence-corrected chi connectivity index (χ0v) is 18.4. The van der Waals surface area contributed by atoms with Crippen molar-refractivity contribution in [1.29, 1.82) is 0 Å². The van der Waals surface area contributed by atoms with Crippen molar-refractivity contribution in [3.8, 4) is 11.1 Å².